The summed E-state index contributed by atoms with van der Waals surface area (Å²) < 4.78 is 55.9. The van der Waals surface area contributed by atoms with Crippen LogP contribution in [0.4, 0.5) is 23.2 Å². The van der Waals surface area contributed by atoms with Crippen LogP contribution in [0.2, 0.25) is 0 Å². The van der Waals surface area contributed by atoms with E-state index in [4.69, 9.17) is 5.73 Å². The van der Waals surface area contributed by atoms with Gasteiger partial charge in [0.2, 0.25) is 0 Å². The van der Waals surface area contributed by atoms with Crippen LogP contribution in [0.5, 0.6) is 0 Å². The van der Waals surface area contributed by atoms with Crippen molar-refractivity contribution in [2.45, 2.75) is 38.2 Å². The SMILES string of the molecule is C=CC(O)N1CCCC2CN(c3c(F)cc(C(N)=O)c4[nH]c(C(F)(F)F)c(C)c34)CC21. The zero-order chi connectivity index (χ0) is 22.7. The first-order valence-corrected chi connectivity index (χ1v) is 10.1. The average molecular weight is 440 g/mol. The van der Waals surface area contributed by atoms with Crippen LogP contribution in [0.3, 0.4) is 0 Å². The van der Waals surface area contributed by atoms with Crippen molar-refractivity contribution in [2.24, 2.45) is 11.7 Å². The molecule has 0 aliphatic carbocycles. The summed E-state index contributed by atoms with van der Waals surface area (Å²) in [4.78, 5) is 17.7. The molecule has 2 fully saturated rings. The number of fused-ring (bicyclic) bond motifs is 2. The fraction of sp³-hybridized carbons (Fsp3) is 0.476. The minimum absolute atomic E-state index is 0.00981. The molecule has 6 nitrogen and oxygen atoms in total. The molecule has 1 aromatic carbocycles. The summed E-state index contributed by atoms with van der Waals surface area (Å²) in [5.74, 6) is -1.69. The quantitative estimate of drug-likeness (QED) is 0.504. The third-order valence-corrected chi connectivity index (χ3v) is 6.49. The number of amides is 1. The number of nitrogens with one attached hydrogen (secondary N) is 1. The first-order chi connectivity index (χ1) is 14.5. The molecule has 3 atom stereocenters. The van der Waals surface area contributed by atoms with Crippen molar-refractivity contribution >= 4 is 22.5 Å². The van der Waals surface area contributed by atoms with Crippen LogP contribution in [0, 0.1) is 18.7 Å². The molecule has 31 heavy (non-hydrogen) atoms. The number of aliphatic hydroxyl groups excluding tert-OH is 1. The second kappa shape index (κ2) is 7.52. The van der Waals surface area contributed by atoms with Gasteiger partial charge in [0.15, 0.2) is 0 Å². The lowest BCUT2D eigenvalue weighted by Crippen LogP contribution is -2.49. The van der Waals surface area contributed by atoms with Gasteiger partial charge in [-0.1, -0.05) is 6.58 Å². The van der Waals surface area contributed by atoms with Gasteiger partial charge in [0.1, 0.15) is 17.7 Å². The maximum atomic E-state index is 15.3. The Morgan fingerprint density at radius 2 is 2.13 bits per heavy atom. The number of aromatic amines is 1. The third-order valence-electron chi connectivity index (χ3n) is 6.49. The largest absolute Gasteiger partial charge is 0.431 e. The summed E-state index contributed by atoms with van der Waals surface area (Å²) in [5, 5.41) is 10.3. The van der Waals surface area contributed by atoms with Crippen LogP contribution < -0.4 is 10.6 Å². The average Bonchev–Trinajstić information content (AvgIpc) is 3.28. The molecule has 2 saturated heterocycles. The van der Waals surface area contributed by atoms with Gasteiger partial charge in [-0.15, -0.1) is 0 Å². The number of likely N-dealkylation sites (tertiary alicyclic amines) is 1. The number of alkyl halides is 3. The van der Waals surface area contributed by atoms with Crippen molar-refractivity contribution in [3.05, 3.63) is 41.4 Å². The fourth-order valence-electron chi connectivity index (χ4n) is 5.13. The molecule has 0 radical (unpaired) electrons. The molecule has 4 rings (SSSR count). The number of hydrogen-bond donors (Lipinski definition) is 3. The molecule has 10 heteroatoms. The normalized spacial score (nSPS) is 23.2. The van der Waals surface area contributed by atoms with Crippen molar-refractivity contribution in [2.75, 3.05) is 24.5 Å². The Hall–Kier alpha value is -2.59. The molecule has 1 aromatic heterocycles. The van der Waals surface area contributed by atoms with E-state index in [2.05, 4.69) is 11.6 Å². The summed E-state index contributed by atoms with van der Waals surface area (Å²) in [6, 6.07) is 0.808. The van der Waals surface area contributed by atoms with Crippen molar-refractivity contribution in [1.82, 2.24) is 9.88 Å². The van der Waals surface area contributed by atoms with Gasteiger partial charge in [0.05, 0.1) is 16.8 Å². The van der Waals surface area contributed by atoms with Crippen molar-refractivity contribution in [1.29, 1.82) is 0 Å². The molecule has 0 spiro atoms. The standard InChI is InChI=1S/C21H24F4N4O2/c1-3-15(30)29-6-4-5-11-8-28(9-14(11)29)18-13(22)7-12(20(26)31)17-16(18)10(2)19(27-17)21(23,24)25/h3,7,11,14-15,27,30H,1,4-6,8-9H2,2H3,(H2,26,31). The van der Waals surface area contributed by atoms with Crippen molar-refractivity contribution in [3.63, 3.8) is 0 Å². The fourth-order valence-corrected chi connectivity index (χ4v) is 5.13. The van der Waals surface area contributed by atoms with Gasteiger partial charge in [0, 0.05) is 31.1 Å². The van der Waals surface area contributed by atoms with Gasteiger partial charge in [0.25, 0.3) is 5.91 Å². The summed E-state index contributed by atoms with van der Waals surface area (Å²) >= 11 is 0. The Morgan fingerprint density at radius 3 is 2.74 bits per heavy atom. The van der Waals surface area contributed by atoms with E-state index in [-0.39, 0.29) is 39.7 Å². The van der Waals surface area contributed by atoms with Crippen LogP contribution in [0.25, 0.3) is 10.9 Å². The highest BCUT2D eigenvalue weighted by Crippen LogP contribution is 2.44. The van der Waals surface area contributed by atoms with E-state index >= 15 is 4.39 Å². The monoisotopic (exact) mass is 440 g/mol. The zero-order valence-electron chi connectivity index (χ0n) is 17.0. The number of nitrogens with zero attached hydrogens (tertiary/aromatic N) is 2. The molecule has 0 saturated carbocycles. The van der Waals surface area contributed by atoms with Gasteiger partial charge in [-0.05, 0) is 43.4 Å². The lowest BCUT2D eigenvalue weighted by atomic mass is 9.92. The Labute approximate surface area is 176 Å². The molecular formula is C21H24F4N4O2. The molecule has 3 unspecified atom stereocenters. The number of aryl methyl sites for hydroxylation is 1. The molecule has 2 aromatic rings. The number of anilines is 1. The number of aliphatic hydroxyl groups is 1. The van der Waals surface area contributed by atoms with Gasteiger partial charge in [-0.2, -0.15) is 13.2 Å². The van der Waals surface area contributed by atoms with Gasteiger partial charge < -0.3 is 20.7 Å². The van der Waals surface area contributed by atoms with Crippen LogP contribution in [0.15, 0.2) is 18.7 Å². The second-order valence-electron chi connectivity index (χ2n) is 8.25. The van der Waals surface area contributed by atoms with Crippen LogP contribution >= 0.6 is 0 Å². The molecule has 2 aliphatic rings. The molecular weight excluding hydrogens is 416 g/mol. The molecule has 4 N–H and O–H groups in total. The third kappa shape index (κ3) is 3.47. The number of piperidine rings is 1. The lowest BCUT2D eigenvalue weighted by molar-refractivity contribution is -0.141. The summed E-state index contributed by atoms with van der Waals surface area (Å²) in [6.07, 6.45) is -2.40. The number of nitrogens with two attached hydrogens (primary N) is 1. The number of rotatable bonds is 4. The lowest BCUT2D eigenvalue weighted by Gasteiger charge is -2.38. The van der Waals surface area contributed by atoms with Crippen LogP contribution in [-0.4, -0.2) is 52.8 Å². The number of primary amides is 1. The number of carbonyl (C=O) groups excluding carboxylic acids is 1. The van der Waals surface area contributed by atoms with Gasteiger partial charge >= 0.3 is 6.18 Å². The molecule has 0 bridgehead atoms. The van der Waals surface area contributed by atoms with Gasteiger partial charge in [-0.3, -0.25) is 9.69 Å². The Morgan fingerprint density at radius 1 is 1.42 bits per heavy atom. The number of benzene rings is 1. The summed E-state index contributed by atoms with van der Waals surface area (Å²) in [7, 11) is 0. The smallest absolute Gasteiger partial charge is 0.375 e. The summed E-state index contributed by atoms with van der Waals surface area (Å²) in [5.41, 5.74) is 3.68. The maximum absolute atomic E-state index is 15.3. The molecule has 1 amide bonds. The van der Waals surface area contributed by atoms with E-state index in [1.165, 1.54) is 13.0 Å². The molecule has 3 heterocycles. The van der Waals surface area contributed by atoms with Crippen molar-refractivity contribution < 1.29 is 27.5 Å². The minimum Gasteiger partial charge on any atom is -0.375 e. The van der Waals surface area contributed by atoms with E-state index in [1.807, 2.05) is 4.90 Å². The summed E-state index contributed by atoms with van der Waals surface area (Å²) in [6.45, 7) is 6.30. The van der Waals surface area contributed by atoms with Crippen LogP contribution in [0.1, 0.15) is 34.5 Å². The molecule has 2 aliphatic heterocycles. The number of H-pyrrole nitrogens is 1. The van der Waals surface area contributed by atoms with E-state index in [1.54, 1.807) is 4.90 Å². The number of carbonyl (C=O) groups is 1. The number of aromatic nitrogens is 1. The zero-order valence-corrected chi connectivity index (χ0v) is 17.0. The predicted octanol–water partition coefficient (Wildman–Crippen LogP) is 3.14. The highest BCUT2D eigenvalue weighted by atomic mass is 19.4. The highest BCUT2D eigenvalue weighted by molar-refractivity contribution is 6.10. The van der Waals surface area contributed by atoms with Gasteiger partial charge in [-0.25, -0.2) is 4.39 Å². The number of hydrogen-bond acceptors (Lipinski definition) is 4. The Kier molecular flexibility index (Phi) is 5.25. The first-order valence-electron chi connectivity index (χ1n) is 10.1. The van der Waals surface area contributed by atoms with E-state index in [0.717, 1.165) is 18.9 Å². The topological polar surface area (TPSA) is 85.6 Å². The highest BCUT2D eigenvalue weighted by Gasteiger charge is 2.43. The Bertz CT molecular complexity index is 1050. The van der Waals surface area contributed by atoms with Crippen LogP contribution in [-0.2, 0) is 6.18 Å². The van der Waals surface area contributed by atoms with E-state index in [0.29, 0.717) is 19.6 Å². The predicted molar refractivity (Wildman–Crippen MR) is 108 cm³/mol. The maximum Gasteiger partial charge on any atom is 0.431 e. The minimum atomic E-state index is -4.70. The van der Waals surface area contributed by atoms with Crippen molar-refractivity contribution in [3.8, 4) is 0 Å². The second-order valence-corrected chi connectivity index (χ2v) is 8.25. The Balaban J connectivity index is 1.86. The van der Waals surface area contributed by atoms with E-state index in [9.17, 15) is 23.1 Å². The first kappa shape index (κ1) is 21.6. The molecule has 168 valence electrons. The number of halogens is 4. The van der Waals surface area contributed by atoms with E-state index < -0.39 is 29.8 Å².